The van der Waals surface area contributed by atoms with Crippen molar-refractivity contribution in [1.82, 2.24) is 0 Å². The second-order valence-electron chi connectivity index (χ2n) is 5.31. The van der Waals surface area contributed by atoms with E-state index in [9.17, 15) is 13.2 Å². The van der Waals surface area contributed by atoms with Crippen LogP contribution in [0.2, 0.25) is 0 Å². The van der Waals surface area contributed by atoms with Crippen molar-refractivity contribution in [1.29, 1.82) is 0 Å². The molecule has 1 fully saturated rings. The fourth-order valence-corrected chi connectivity index (χ4v) is 3.26. The van der Waals surface area contributed by atoms with Crippen molar-refractivity contribution in [2.45, 2.75) is 44.2 Å². The summed E-state index contributed by atoms with van der Waals surface area (Å²) in [7, 11) is 0. The Kier molecular flexibility index (Phi) is 4.50. The Labute approximate surface area is 112 Å². The van der Waals surface area contributed by atoms with Crippen LogP contribution in [0, 0.1) is 5.92 Å². The average molecular weight is 271 g/mol. The van der Waals surface area contributed by atoms with Gasteiger partial charge in [-0.25, -0.2) is 0 Å². The summed E-state index contributed by atoms with van der Waals surface area (Å²) < 4.78 is 39.3. The molecule has 0 saturated heterocycles. The molecule has 0 radical (unpaired) electrons. The van der Waals surface area contributed by atoms with Crippen molar-refractivity contribution in [2.24, 2.45) is 11.7 Å². The Balaban J connectivity index is 2.35. The molecule has 1 nitrogen and oxygen atoms in total. The number of hydrogen-bond acceptors (Lipinski definition) is 1. The predicted octanol–water partition coefficient (Wildman–Crippen LogP) is 4.33. The van der Waals surface area contributed by atoms with Crippen LogP contribution < -0.4 is 5.73 Å². The van der Waals surface area contributed by atoms with E-state index in [0.29, 0.717) is 24.4 Å². The molecule has 1 aliphatic carbocycles. The lowest BCUT2D eigenvalue weighted by Gasteiger charge is -2.26. The van der Waals surface area contributed by atoms with Crippen LogP contribution in [0.3, 0.4) is 0 Å². The highest BCUT2D eigenvalue weighted by Gasteiger charge is 2.37. The molecule has 4 heteroatoms. The highest BCUT2D eigenvalue weighted by atomic mass is 19.4. The van der Waals surface area contributed by atoms with Gasteiger partial charge in [0.1, 0.15) is 0 Å². The van der Waals surface area contributed by atoms with Crippen LogP contribution in [-0.4, -0.2) is 6.54 Å². The van der Waals surface area contributed by atoms with E-state index >= 15 is 0 Å². The molecule has 1 atom stereocenters. The van der Waals surface area contributed by atoms with Gasteiger partial charge in [-0.1, -0.05) is 31.0 Å². The third kappa shape index (κ3) is 3.30. The third-order valence-corrected chi connectivity index (χ3v) is 4.11. The highest BCUT2D eigenvalue weighted by molar-refractivity contribution is 5.33. The van der Waals surface area contributed by atoms with E-state index in [0.717, 1.165) is 25.7 Å². The van der Waals surface area contributed by atoms with E-state index in [4.69, 9.17) is 5.73 Å². The zero-order valence-corrected chi connectivity index (χ0v) is 10.9. The minimum absolute atomic E-state index is 0.0506. The first-order chi connectivity index (χ1) is 9.04. The molecule has 2 rings (SSSR count). The van der Waals surface area contributed by atoms with Gasteiger partial charge in [0, 0.05) is 0 Å². The van der Waals surface area contributed by atoms with E-state index in [1.807, 2.05) is 0 Å². The molecule has 0 aromatic heterocycles. The molecular formula is C15H20F3N. The number of rotatable bonds is 4. The van der Waals surface area contributed by atoms with Gasteiger partial charge in [0.25, 0.3) is 0 Å². The number of benzene rings is 1. The molecule has 0 amide bonds. The van der Waals surface area contributed by atoms with Crippen molar-refractivity contribution in [3.8, 4) is 0 Å². The highest BCUT2D eigenvalue weighted by Crippen LogP contribution is 2.43. The van der Waals surface area contributed by atoms with Crippen molar-refractivity contribution < 1.29 is 13.2 Å². The SMILES string of the molecule is NCCC(c1ccccc1C(F)(F)F)C1CCCC1. The third-order valence-electron chi connectivity index (χ3n) is 4.11. The summed E-state index contributed by atoms with van der Waals surface area (Å²) in [5.41, 5.74) is 5.56. The van der Waals surface area contributed by atoms with Crippen molar-refractivity contribution >= 4 is 0 Å². The summed E-state index contributed by atoms with van der Waals surface area (Å²) in [6.07, 6.45) is 0.660. The molecule has 2 N–H and O–H groups in total. The maximum Gasteiger partial charge on any atom is 0.416 e. The van der Waals surface area contributed by atoms with Crippen LogP contribution in [0.15, 0.2) is 24.3 Å². The molecule has 0 spiro atoms. The summed E-state index contributed by atoms with van der Waals surface area (Å²) in [4.78, 5) is 0. The van der Waals surface area contributed by atoms with Gasteiger partial charge in [0.05, 0.1) is 5.56 Å². The lowest BCUT2D eigenvalue weighted by Crippen LogP contribution is -2.19. The van der Waals surface area contributed by atoms with Gasteiger partial charge in [0.2, 0.25) is 0 Å². The fraction of sp³-hybridized carbons (Fsp3) is 0.600. The van der Waals surface area contributed by atoms with Gasteiger partial charge in [-0.3, -0.25) is 0 Å². The lowest BCUT2D eigenvalue weighted by atomic mass is 9.80. The molecule has 1 aromatic rings. The predicted molar refractivity (Wildman–Crippen MR) is 69.8 cm³/mol. The summed E-state index contributed by atoms with van der Waals surface area (Å²) >= 11 is 0. The van der Waals surface area contributed by atoms with Crippen LogP contribution in [0.25, 0.3) is 0 Å². The van der Waals surface area contributed by atoms with E-state index in [2.05, 4.69) is 0 Å². The van der Waals surface area contributed by atoms with Gasteiger partial charge >= 0.3 is 6.18 Å². The first-order valence-corrected chi connectivity index (χ1v) is 6.90. The molecule has 0 bridgehead atoms. The standard InChI is InChI=1S/C15H20F3N/c16-15(17,18)14-8-4-3-7-13(14)12(9-10-19)11-5-1-2-6-11/h3-4,7-8,11-12H,1-2,5-6,9-10,19H2. The molecule has 0 aliphatic heterocycles. The summed E-state index contributed by atoms with van der Waals surface area (Å²) in [5.74, 6) is 0.303. The molecule has 1 aromatic carbocycles. The van der Waals surface area contributed by atoms with Crippen LogP contribution in [0.5, 0.6) is 0 Å². The monoisotopic (exact) mass is 271 g/mol. The van der Waals surface area contributed by atoms with E-state index < -0.39 is 11.7 Å². The van der Waals surface area contributed by atoms with Crippen LogP contribution >= 0.6 is 0 Å². The van der Waals surface area contributed by atoms with Crippen LogP contribution in [0.4, 0.5) is 13.2 Å². The second kappa shape index (κ2) is 5.95. The molecular weight excluding hydrogens is 251 g/mol. The topological polar surface area (TPSA) is 26.0 Å². The molecule has 1 aliphatic rings. The fourth-order valence-electron chi connectivity index (χ4n) is 3.26. The van der Waals surface area contributed by atoms with Crippen LogP contribution in [-0.2, 0) is 6.18 Å². The summed E-state index contributed by atoms with van der Waals surface area (Å²) in [5, 5.41) is 0. The molecule has 1 unspecified atom stereocenters. The van der Waals surface area contributed by atoms with Crippen molar-refractivity contribution in [3.63, 3.8) is 0 Å². The first kappa shape index (κ1) is 14.4. The summed E-state index contributed by atoms with van der Waals surface area (Å²) in [6, 6.07) is 5.97. The number of alkyl halides is 3. The molecule has 19 heavy (non-hydrogen) atoms. The average Bonchev–Trinajstić information content (AvgIpc) is 2.88. The zero-order chi connectivity index (χ0) is 13.9. The molecule has 0 heterocycles. The first-order valence-electron chi connectivity index (χ1n) is 6.90. The van der Waals surface area contributed by atoms with Crippen molar-refractivity contribution in [3.05, 3.63) is 35.4 Å². The van der Waals surface area contributed by atoms with Gasteiger partial charge in [-0.2, -0.15) is 13.2 Å². The smallest absolute Gasteiger partial charge is 0.330 e. The molecule has 106 valence electrons. The Morgan fingerprint density at radius 1 is 1.16 bits per heavy atom. The lowest BCUT2D eigenvalue weighted by molar-refractivity contribution is -0.138. The molecule has 1 saturated carbocycles. The van der Waals surface area contributed by atoms with Crippen LogP contribution in [0.1, 0.15) is 49.1 Å². The zero-order valence-electron chi connectivity index (χ0n) is 10.9. The summed E-state index contributed by atoms with van der Waals surface area (Å²) in [6.45, 7) is 0.438. The number of nitrogens with two attached hydrogens (primary N) is 1. The van der Waals surface area contributed by atoms with E-state index in [1.165, 1.54) is 12.1 Å². The van der Waals surface area contributed by atoms with Gasteiger partial charge in [-0.15, -0.1) is 0 Å². The maximum atomic E-state index is 13.1. The minimum atomic E-state index is -4.28. The van der Waals surface area contributed by atoms with Gasteiger partial charge in [0.15, 0.2) is 0 Å². The second-order valence-corrected chi connectivity index (χ2v) is 5.31. The Bertz CT molecular complexity index is 408. The Hall–Kier alpha value is -1.03. The van der Waals surface area contributed by atoms with Gasteiger partial charge in [-0.05, 0) is 49.3 Å². The quantitative estimate of drug-likeness (QED) is 0.866. The minimum Gasteiger partial charge on any atom is -0.330 e. The largest absolute Gasteiger partial charge is 0.416 e. The Morgan fingerprint density at radius 3 is 2.37 bits per heavy atom. The normalized spacial score (nSPS) is 18.7. The Morgan fingerprint density at radius 2 is 1.79 bits per heavy atom. The van der Waals surface area contributed by atoms with E-state index in [-0.39, 0.29) is 5.92 Å². The maximum absolute atomic E-state index is 13.1. The number of halogens is 3. The van der Waals surface area contributed by atoms with Gasteiger partial charge < -0.3 is 5.73 Å². The van der Waals surface area contributed by atoms with Crippen molar-refractivity contribution in [2.75, 3.05) is 6.54 Å². The van der Waals surface area contributed by atoms with E-state index in [1.54, 1.807) is 12.1 Å². The number of hydrogen-bond donors (Lipinski definition) is 1.